The average molecular weight is 350 g/mol. The molecule has 2 aromatic carbocycles. The van der Waals surface area contributed by atoms with Gasteiger partial charge in [-0.3, -0.25) is 9.59 Å². The Morgan fingerprint density at radius 1 is 0.846 bits per heavy atom. The quantitative estimate of drug-likeness (QED) is 0.789. The molecule has 4 nitrogen and oxygen atoms in total. The van der Waals surface area contributed by atoms with Gasteiger partial charge in [0.25, 0.3) is 5.91 Å². The molecule has 0 atom stereocenters. The van der Waals surface area contributed by atoms with E-state index in [0.29, 0.717) is 17.7 Å². The Morgan fingerprint density at radius 2 is 1.50 bits per heavy atom. The molecule has 2 N–H and O–H groups in total. The van der Waals surface area contributed by atoms with Crippen molar-refractivity contribution in [3.63, 3.8) is 0 Å². The van der Waals surface area contributed by atoms with Crippen LogP contribution in [0, 0.1) is 0 Å². The first-order valence-corrected chi connectivity index (χ1v) is 9.45. The summed E-state index contributed by atoms with van der Waals surface area (Å²) in [7, 11) is 0. The number of nitrogens with one attached hydrogen (secondary N) is 2. The minimum atomic E-state index is -0.0631. The number of amides is 2. The smallest absolute Gasteiger partial charge is 0.251 e. The van der Waals surface area contributed by atoms with E-state index in [1.54, 1.807) is 24.3 Å². The van der Waals surface area contributed by atoms with Gasteiger partial charge in [-0.05, 0) is 42.7 Å². The minimum Gasteiger partial charge on any atom is -0.349 e. The van der Waals surface area contributed by atoms with Gasteiger partial charge in [-0.2, -0.15) is 0 Å². The van der Waals surface area contributed by atoms with E-state index in [2.05, 4.69) is 10.6 Å². The lowest BCUT2D eigenvalue weighted by molar-refractivity contribution is -0.115. The third-order valence-electron chi connectivity index (χ3n) is 4.83. The van der Waals surface area contributed by atoms with Crippen molar-refractivity contribution in [2.75, 3.05) is 5.32 Å². The van der Waals surface area contributed by atoms with Gasteiger partial charge in [-0.25, -0.2) is 0 Å². The van der Waals surface area contributed by atoms with Crippen molar-refractivity contribution in [3.8, 4) is 0 Å². The molecule has 0 bridgehead atoms. The largest absolute Gasteiger partial charge is 0.349 e. The Bertz CT molecular complexity index is 718. The molecule has 4 heteroatoms. The zero-order valence-corrected chi connectivity index (χ0v) is 15.0. The van der Waals surface area contributed by atoms with Crippen molar-refractivity contribution in [2.45, 2.75) is 51.0 Å². The summed E-state index contributed by atoms with van der Waals surface area (Å²) in [6.45, 7) is 0. The molecule has 0 aliphatic heterocycles. The van der Waals surface area contributed by atoms with Gasteiger partial charge in [-0.1, -0.05) is 56.0 Å². The lowest BCUT2D eigenvalue weighted by Crippen LogP contribution is -2.34. The second-order valence-electron chi connectivity index (χ2n) is 6.95. The van der Waals surface area contributed by atoms with Crippen LogP contribution in [0.2, 0.25) is 0 Å². The Balaban J connectivity index is 1.52. The van der Waals surface area contributed by atoms with Gasteiger partial charge in [0, 0.05) is 17.3 Å². The van der Waals surface area contributed by atoms with Crippen molar-refractivity contribution in [1.29, 1.82) is 0 Å². The van der Waals surface area contributed by atoms with E-state index in [1.165, 1.54) is 25.7 Å². The highest BCUT2D eigenvalue weighted by Crippen LogP contribution is 2.18. The number of rotatable bonds is 5. The maximum atomic E-state index is 12.4. The number of benzene rings is 2. The van der Waals surface area contributed by atoms with E-state index in [1.807, 2.05) is 30.3 Å². The Hall–Kier alpha value is -2.62. The molecule has 2 aromatic rings. The normalized spacial score (nSPS) is 15.1. The molecule has 1 fully saturated rings. The van der Waals surface area contributed by atoms with Crippen molar-refractivity contribution in [3.05, 3.63) is 65.7 Å². The fourth-order valence-corrected chi connectivity index (χ4v) is 3.38. The second-order valence-corrected chi connectivity index (χ2v) is 6.95. The first kappa shape index (κ1) is 18.2. The third-order valence-corrected chi connectivity index (χ3v) is 4.83. The summed E-state index contributed by atoms with van der Waals surface area (Å²) in [5, 5.41) is 6.02. The molecule has 26 heavy (non-hydrogen) atoms. The maximum absolute atomic E-state index is 12.4. The van der Waals surface area contributed by atoms with E-state index in [-0.39, 0.29) is 17.9 Å². The molecule has 1 aliphatic carbocycles. The number of carbonyl (C=O) groups is 2. The second kappa shape index (κ2) is 9.18. The van der Waals surface area contributed by atoms with E-state index in [4.69, 9.17) is 0 Å². The summed E-state index contributed by atoms with van der Waals surface area (Å²) in [5.41, 5.74) is 2.32. The molecule has 0 spiro atoms. The van der Waals surface area contributed by atoms with E-state index in [0.717, 1.165) is 18.4 Å². The zero-order chi connectivity index (χ0) is 18.2. The fraction of sp³-hybridized carbons (Fsp3) is 0.364. The zero-order valence-electron chi connectivity index (χ0n) is 15.0. The summed E-state index contributed by atoms with van der Waals surface area (Å²) in [6, 6.07) is 17.0. The van der Waals surface area contributed by atoms with Crippen LogP contribution in [0.5, 0.6) is 0 Å². The summed E-state index contributed by atoms with van der Waals surface area (Å²) >= 11 is 0. The molecule has 1 saturated carbocycles. The van der Waals surface area contributed by atoms with Gasteiger partial charge in [0.1, 0.15) is 0 Å². The monoisotopic (exact) mass is 350 g/mol. The highest BCUT2D eigenvalue weighted by Gasteiger charge is 2.15. The Morgan fingerprint density at radius 3 is 2.15 bits per heavy atom. The average Bonchev–Trinajstić information content (AvgIpc) is 2.91. The third kappa shape index (κ3) is 5.45. The molecule has 2 amide bonds. The summed E-state index contributed by atoms with van der Waals surface area (Å²) in [4.78, 5) is 24.5. The highest BCUT2D eigenvalue weighted by molar-refractivity contribution is 5.96. The molecule has 136 valence electrons. The van der Waals surface area contributed by atoms with Crippen molar-refractivity contribution in [1.82, 2.24) is 5.32 Å². The molecule has 0 saturated heterocycles. The van der Waals surface area contributed by atoms with Gasteiger partial charge < -0.3 is 10.6 Å². The predicted molar refractivity (Wildman–Crippen MR) is 104 cm³/mol. The lowest BCUT2D eigenvalue weighted by Gasteiger charge is -2.16. The molecule has 1 aliphatic rings. The van der Waals surface area contributed by atoms with Crippen LogP contribution < -0.4 is 10.6 Å². The van der Waals surface area contributed by atoms with Crippen molar-refractivity contribution >= 4 is 17.5 Å². The number of hydrogen-bond donors (Lipinski definition) is 2. The maximum Gasteiger partial charge on any atom is 0.251 e. The molecule has 0 unspecified atom stereocenters. The molecule has 3 rings (SSSR count). The summed E-state index contributed by atoms with van der Waals surface area (Å²) in [5.74, 6) is -0.0917. The SMILES string of the molecule is O=C(Cc1ccccc1)Nc1ccc(C(=O)NC2CCCCCC2)cc1. The van der Waals surface area contributed by atoms with E-state index >= 15 is 0 Å². The standard InChI is InChI=1S/C22H26N2O2/c25-21(16-17-8-4-3-5-9-17)23-20-14-12-18(13-15-20)22(26)24-19-10-6-1-2-7-11-19/h3-5,8-9,12-15,19H,1-2,6-7,10-11,16H2,(H,23,25)(H,24,26). The lowest BCUT2D eigenvalue weighted by atomic mass is 10.1. The number of carbonyl (C=O) groups excluding carboxylic acids is 2. The van der Waals surface area contributed by atoms with Gasteiger partial charge >= 0.3 is 0 Å². The Kier molecular flexibility index (Phi) is 6.42. The minimum absolute atomic E-state index is 0.0286. The van der Waals surface area contributed by atoms with Crippen LogP contribution in [-0.4, -0.2) is 17.9 Å². The van der Waals surface area contributed by atoms with Crippen LogP contribution in [0.3, 0.4) is 0 Å². The van der Waals surface area contributed by atoms with Crippen LogP contribution in [-0.2, 0) is 11.2 Å². The van der Waals surface area contributed by atoms with Crippen LogP contribution in [0.4, 0.5) is 5.69 Å². The van der Waals surface area contributed by atoms with Gasteiger partial charge in [0.2, 0.25) is 5.91 Å². The Labute approximate surface area is 155 Å². The van der Waals surface area contributed by atoms with Crippen LogP contribution in [0.25, 0.3) is 0 Å². The topological polar surface area (TPSA) is 58.2 Å². The highest BCUT2D eigenvalue weighted by atomic mass is 16.2. The first-order valence-electron chi connectivity index (χ1n) is 9.45. The van der Waals surface area contributed by atoms with E-state index in [9.17, 15) is 9.59 Å². The fourth-order valence-electron chi connectivity index (χ4n) is 3.38. The van der Waals surface area contributed by atoms with Crippen LogP contribution >= 0.6 is 0 Å². The molecular weight excluding hydrogens is 324 g/mol. The number of hydrogen-bond acceptors (Lipinski definition) is 2. The van der Waals surface area contributed by atoms with Gasteiger partial charge in [-0.15, -0.1) is 0 Å². The molecule has 0 heterocycles. The van der Waals surface area contributed by atoms with Crippen molar-refractivity contribution in [2.24, 2.45) is 0 Å². The number of anilines is 1. The van der Waals surface area contributed by atoms with Crippen molar-refractivity contribution < 1.29 is 9.59 Å². The molecule has 0 aromatic heterocycles. The summed E-state index contributed by atoms with van der Waals surface area (Å²) < 4.78 is 0. The van der Waals surface area contributed by atoms with Crippen LogP contribution in [0.15, 0.2) is 54.6 Å². The molecular formula is C22H26N2O2. The predicted octanol–water partition coefficient (Wildman–Crippen LogP) is 4.32. The summed E-state index contributed by atoms with van der Waals surface area (Å²) in [6.07, 6.45) is 7.39. The molecule has 0 radical (unpaired) electrons. The van der Waals surface area contributed by atoms with Gasteiger partial charge in [0.05, 0.1) is 6.42 Å². The first-order chi connectivity index (χ1) is 12.7. The van der Waals surface area contributed by atoms with Crippen LogP contribution in [0.1, 0.15) is 54.4 Å². The van der Waals surface area contributed by atoms with E-state index < -0.39 is 0 Å². The van der Waals surface area contributed by atoms with Gasteiger partial charge in [0.15, 0.2) is 0 Å².